The van der Waals surface area contributed by atoms with Gasteiger partial charge in [-0.05, 0) is 42.3 Å². The second-order valence-electron chi connectivity index (χ2n) is 6.12. The van der Waals surface area contributed by atoms with Crippen LogP contribution in [-0.2, 0) is 4.79 Å². The summed E-state index contributed by atoms with van der Waals surface area (Å²) in [5.41, 5.74) is 0.936. The molecule has 27 heavy (non-hydrogen) atoms. The van der Waals surface area contributed by atoms with E-state index >= 15 is 0 Å². The van der Waals surface area contributed by atoms with Gasteiger partial charge in [0.15, 0.2) is 11.5 Å². The van der Waals surface area contributed by atoms with Crippen LogP contribution in [0.15, 0.2) is 48.5 Å². The molecule has 2 rings (SSSR count). The van der Waals surface area contributed by atoms with Crippen LogP contribution in [0.4, 0.5) is 10.1 Å². The number of unbranched alkanes of at least 4 members (excludes halogenated alkanes) is 3. The van der Waals surface area contributed by atoms with Crippen LogP contribution in [-0.4, -0.2) is 19.6 Å². The molecule has 0 bridgehead atoms. The van der Waals surface area contributed by atoms with Gasteiger partial charge in [0.1, 0.15) is 5.82 Å². The zero-order valence-electron chi connectivity index (χ0n) is 15.8. The highest BCUT2D eigenvalue weighted by Gasteiger charge is 2.06. The van der Waals surface area contributed by atoms with Gasteiger partial charge in [-0.25, -0.2) is 4.39 Å². The van der Waals surface area contributed by atoms with Crippen LogP contribution >= 0.6 is 0 Å². The molecule has 0 saturated heterocycles. The highest BCUT2D eigenvalue weighted by Crippen LogP contribution is 2.28. The molecule has 0 atom stereocenters. The fourth-order valence-corrected chi connectivity index (χ4v) is 2.53. The molecule has 0 aromatic heterocycles. The second kappa shape index (κ2) is 11.0. The molecule has 0 heterocycles. The largest absolute Gasteiger partial charge is 0.493 e. The number of rotatable bonds is 10. The number of carbonyl (C=O) groups is 1. The number of hydrogen-bond acceptors (Lipinski definition) is 3. The summed E-state index contributed by atoms with van der Waals surface area (Å²) in [6.45, 7) is 2.82. The molecule has 5 heteroatoms. The average Bonchev–Trinajstić information content (AvgIpc) is 2.68. The molecule has 2 aromatic carbocycles. The lowest BCUT2D eigenvalue weighted by Crippen LogP contribution is -2.09. The highest BCUT2D eigenvalue weighted by atomic mass is 19.1. The van der Waals surface area contributed by atoms with Crippen LogP contribution in [0.2, 0.25) is 0 Å². The predicted molar refractivity (Wildman–Crippen MR) is 107 cm³/mol. The lowest BCUT2D eigenvalue weighted by molar-refractivity contribution is -0.111. The van der Waals surface area contributed by atoms with Crippen molar-refractivity contribution >= 4 is 17.7 Å². The number of nitrogens with one attached hydrogen (secondary N) is 1. The molecule has 2 aromatic rings. The van der Waals surface area contributed by atoms with Crippen molar-refractivity contribution in [3.8, 4) is 11.5 Å². The number of hydrogen-bond donors (Lipinski definition) is 1. The summed E-state index contributed by atoms with van der Waals surface area (Å²) < 4.78 is 24.7. The first-order valence-corrected chi connectivity index (χ1v) is 9.18. The lowest BCUT2D eigenvalue weighted by Gasteiger charge is -2.11. The first-order chi connectivity index (χ1) is 13.1. The number of halogens is 1. The molecule has 0 aliphatic rings. The number of carbonyl (C=O) groups excluding carboxylic acids is 1. The Morgan fingerprint density at radius 2 is 1.93 bits per heavy atom. The molecule has 0 fully saturated rings. The molecule has 4 nitrogen and oxygen atoms in total. The summed E-state index contributed by atoms with van der Waals surface area (Å²) in [6, 6.07) is 11.5. The quantitative estimate of drug-likeness (QED) is 0.446. The first-order valence-electron chi connectivity index (χ1n) is 9.18. The minimum atomic E-state index is -0.471. The van der Waals surface area contributed by atoms with Crippen LogP contribution in [0.1, 0.15) is 38.2 Å². The summed E-state index contributed by atoms with van der Waals surface area (Å²) in [7, 11) is 1.58. The Hall–Kier alpha value is -2.82. The van der Waals surface area contributed by atoms with E-state index in [1.54, 1.807) is 31.4 Å². The van der Waals surface area contributed by atoms with Crippen molar-refractivity contribution in [1.82, 2.24) is 0 Å². The van der Waals surface area contributed by atoms with E-state index in [1.807, 2.05) is 12.1 Å². The van der Waals surface area contributed by atoms with E-state index in [4.69, 9.17) is 9.47 Å². The third-order valence-electron chi connectivity index (χ3n) is 4.00. The molecule has 0 saturated carbocycles. The molecular formula is C22H26FNO3. The molecule has 0 unspecified atom stereocenters. The van der Waals surface area contributed by atoms with Gasteiger partial charge in [-0.2, -0.15) is 0 Å². The van der Waals surface area contributed by atoms with Gasteiger partial charge >= 0.3 is 0 Å². The van der Waals surface area contributed by atoms with Crippen molar-refractivity contribution in [1.29, 1.82) is 0 Å². The van der Waals surface area contributed by atoms with Crippen molar-refractivity contribution in [3.05, 3.63) is 59.9 Å². The number of para-hydroxylation sites is 1. The molecule has 0 radical (unpaired) electrons. The SMILES string of the molecule is CCCCCCOc1ccc(/C=C/C(=O)Nc2ccccc2F)cc1OC. The highest BCUT2D eigenvalue weighted by molar-refractivity contribution is 6.02. The fraction of sp³-hybridized carbons (Fsp3) is 0.318. The van der Waals surface area contributed by atoms with E-state index in [-0.39, 0.29) is 5.69 Å². The molecule has 144 valence electrons. The number of anilines is 1. The van der Waals surface area contributed by atoms with Crippen LogP contribution in [0.5, 0.6) is 11.5 Å². The minimum absolute atomic E-state index is 0.150. The Kier molecular flexibility index (Phi) is 8.36. The molecule has 0 aliphatic heterocycles. The third-order valence-corrected chi connectivity index (χ3v) is 4.00. The summed E-state index contributed by atoms with van der Waals surface area (Å²) in [6.07, 6.45) is 7.55. The molecule has 0 aliphatic carbocycles. The Balaban J connectivity index is 1.94. The Morgan fingerprint density at radius 3 is 2.67 bits per heavy atom. The van der Waals surface area contributed by atoms with Crippen LogP contribution < -0.4 is 14.8 Å². The lowest BCUT2D eigenvalue weighted by atomic mass is 10.2. The van der Waals surface area contributed by atoms with Gasteiger partial charge in [-0.1, -0.05) is 44.4 Å². The zero-order valence-corrected chi connectivity index (χ0v) is 15.8. The number of ether oxygens (including phenoxy) is 2. The smallest absolute Gasteiger partial charge is 0.248 e. The summed E-state index contributed by atoms with van der Waals surface area (Å²) >= 11 is 0. The van der Waals surface area contributed by atoms with Gasteiger partial charge in [-0.15, -0.1) is 0 Å². The van der Waals surface area contributed by atoms with Crippen LogP contribution in [0, 0.1) is 5.82 Å². The van der Waals surface area contributed by atoms with Crippen molar-refractivity contribution < 1.29 is 18.7 Å². The maximum absolute atomic E-state index is 13.6. The molecule has 1 amide bonds. The Bertz CT molecular complexity index is 774. The normalized spacial score (nSPS) is 10.8. The Labute approximate surface area is 160 Å². The maximum atomic E-state index is 13.6. The van der Waals surface area contributed by atoms with Crippen molar-refractivity contribution in [3.63, 3.8) is 0 Å². The van der Waals surface area contributed by atoms with Crippen LogP contribution in [0.3, 0.4) is 0 Å². The molecule has 0 spiro atoms. The van der Waals surface area contributed by atoms with E-state index in [2.05, 4.69) is 12.2 Å². The summed E-state index contributed by atoms with van der Waals surface area (Å²) in [5.74, 6) is 0.417. The topological polar surface area (TPSA) is 47.6 Å². The van der Waals surface area contributed by atoms with Gasteiger partial charge in [0, 0.05) is 6.08 Å². The first kappa shape index (κ1) is 20.5. The van der Waals surface area contributed by atoms with Gasteiger partial charge < -0.3 is 14.8 Å². The summed E-state index contributed by atoms with van der Waals surface area (Å²) in [5, 5.41) is 2.51. The second-order valence-corrected chi connectivity index (χ2v) is 6.12. The standard InChI is InChI=1S/C22H26FNO3/c1-3-4-5-8-15-27-20-13-11-17(16-21(20)26-2)12-14-22(25)24-19-10-7-6-9-18(19)23/h6-7,9-14,16H,3-5,8,15H2,1-2H3,(H,24,25)/b14-12+. The Morgan fingerprint density at radius 1 is 1.11 bits per heavy atom. The molecular weight excluding hydrogens is 345 g/mol. The average molecular weight is 371 g/mol. The van der Waals surface area contributed by atoms with E-state index in [0.717, 1.165) is 18.4 Å². The van der Waals surface area contributed by atoms with E-state index < -0.39 is 11.7 Å². The number of amides is 1. The number of benzene rings is 2. The van der Waals surface area contributed by atoms with E-state index in [0.29, 0.717) is 18.1 Å². The van der Waals surface area contributed by atoms with Crippen LogP contribution in [0.25, 0.3) is 6.08 Å². The van der Waals surface area contributed by atoms with Crippen molar-refractivity contribution in [2.75, 3.05) is 19.0 Å². The monoisotopic (exact) mass is 371 g/mol. The predicted octanol–water partition coefficient (Wildman–Crippen LogP) is 5.45. The van der Waals surface area contributed by atoms with Gasteiger partial charge in [0.2, 0.25) is 5.91 Å². The minimum Gasteiger partial charge on any atom is -0.493 e. The van der Waals surface area contributed by atoms with Gasteiger partial charge in [0.05, 0.1) is 19.4 Å². The molecule has 1 N–H and O–H groups in total. The van der Waals surface area contributed by atoms with Gasteiger partial charge in [-0.3, -0.25) is 4.79 Å². The van der Waals surface area contributed by atoms with E-state index in [9.17, 15) is 9.18 Å². The van der Waals surface area contributed by atoms with E-state index in [1.165, 1.54) is 31.1 Å². The number of methoxy groups -OCH3 is 1. The third kappa shape index (κ3) is 6.77. The van der Waals surface area contributed by atoms with Gasteiger partial charge in [0.25, 0.3) is 0 Å². The summed E-state index contributed by atoms with van der Waals surface area (Å²) in [4.78, 5) is 12.0. The van der Waals surface area contributed by atoms with Crippen molar-refractivity contribution in [2.24, 2.45) is 0 Å². The fourth-order valence-electron chi connectivity index (χ4n) is 2.53. The zero-order chi connectivity index (χ0) is 19.5. The van der Waals surface area contributed by atoms with Crippen molar-refractivity contribution in [2.45, 2.75) is 32.6 Å². The maximum Gasteiger partial charge on any atom is 0.248 e.